The maximum absolute atomic E-state index is 3.82. The zero-order valence-electron chi connectivity index (χ0n) is 14.5. The molecule has 1 atom stereocenters. The van der Waals surface area contributed by atoms with E-state index in [-0.39, 0.29) is 0 Å². The second-order valence-corrected chi connectivity index (χ2v) is 8.51. The topological polar surface area (TPSA) is 15.3 Å². The smallest absolute Gasteiger partial charge is 0.0166 e. The maximum Gasteiger partial charge on any atom is 0.0166 e. The van der Waals surface area contributed by atoms with E-state index < -0.39 is 0 Å². The third-order valence-electron chi connectivity index (χ3n) is 6.74. The van der Waals surface area contributed by atoms with Crippen LogP contribution in [0.4, 0.5) is 0 Å². The van der Waals surface area contributed by atoms with Crippen molar-refractivity contribution in [3.05, 3.63) is 0 Å². The Morgan fingerprint density at radius 1 is 1.00 bits per heavy atom. The van der Waals surface area contributed by atoms with Gasteiger partial charge >= 0.3 is 0 Å². The number of hydrogen-bond donors (Lipinski definition) is 1. The van der Waals surface area contributed by atoms with Crippen LogP contribution in [0.25, 0.3) is 0 Å². The normalized spacial score (nSPS) is 39.1. The highest BCUT2D eigenvalue weighted by Gasteiger charge is 2.50. The molecule has 2 heteroatoms. The first-order valence-electron chi connectivity index (χ1n) is 9.58. The van der Waals surface area contributed by atoms with Gasteiger partial charge in [0.05, 0.1) is 0 Å². The van der Waals surface area contributed by atoms with Crippen LogP contribution in [0.15, 0.2) is 0 Å². The summed E-state index contributed by atoms with van der Waals surface area (Å²) in [5.41, 5.74) is 0.747. The zero-order valence-corrected chi connectivity index (χ0v) is 14.5. The monoisotopic (exact) mass is 292 g/mol. The van der Waals surface area contributed by atoms with Crippen LogP contribution in [-0.4, -0.2) is 37.1 Å². The minimum Gasteiger partial charge on any atom is -0.313 e. The molecule has 0 saturated heterocycles. The summed E-state index contributed by atoms with van der Waals surface area (Å²) in [6.07, 6.45) is 10.8. The van der Waals surface area contributed by atoms with E-state index in [4.69, 9.17) is 0 Å². The lowest BCUT2D eigenvalue weighted by Crippen LogP contribution is -2.48. The van der Waals surface area contributed by atoms with E-state index in [1.165, 1.54) is 32.6 Å². The largest absolute Gasteiger partial charge is 0.313 e. The van der Waals surface area contributed by atoms with Crippen molar-refractivity contribution in [2.75, 3.05) is 26.2 Å². The molecule has 0 aromatic carbocycles. The van der Waals surface area contributed by atoms with Crippen molar-refractivity contribution in [1.82, 2.24) is 10.2 Å². The summed E-state index contributed by atoms with van der Waals surface area (Å²) in [7, 11) is 0. The number of nitrogens with one attached hydrogen (secondary N) is 1. The van der Waals surface area contributed by atoms with Crippen LogP contribution in [0.5, 0.6) is 0 Å². The molecule has 4 aliphatic rings. The van der Waals surface area contributed by atoms with Gasteiger partial charge in [0.1, 0.15) is 0 Å². The van der Waals surface area contributed by atoms with Crippen molar-refractivity contribution in [3.63, 3.8) is 0 Å². The number of rotatable bonds is 8. The van der Waals surface area contributed by atoms with Crippen LogP contribution in [0, 0.1) is 23.2 Å². The first-order chi connectivity index (χ1) is 10.1. The molecule has 122 valence electrons. The summed E-state index contributed by atoms with van der Waals surface area (Å²) in [5, 5.41) is 3.82. The predicted molar refractivity (Wildman–Crippen MR) is 90.5 cm³/mol. The molecular formula is C19H36N2. The molecule has 4 bridgehead atoms. The molecule has 0 aromatic heterocycles. The third-order valence-corrected chi connectivity index (χ3v) is 6.74. The Morgan fingerprint density at radius 3 is 2.00 bits per heavy atom. The Kier molecular flexibility index (Phi) is 4.95. The van der Waals surface area contributed by atoms with E-state index in [1.807, 2.05) is 0 Å². The second kappa shape index (κ2) is 6.58. The molecule has 4 saturated carbocycles. The van der Waals surface area contributed by atoms with E-state index >= 15 is 0 Å². The molecule has 1 N–H and O–H groups in total. The molecular weight excluding hydrogens is 256 g/mol. The molecule has 1 unspecified atom stereocenters. The summed E-state index contributed by atoms with van der Waals surface area (Å²) < 4.78 is 0. The van der Waals surface area contributed by atoms with Gasteiger partial charge in [-0.3, -0.25) is 0 Å². The molecule has 0 aromatic rings. The Balaban J connectivity index is 1.43. The number of nitrogens with zero attached hydrogens (tertiary/aromatic N) is 1. The van der Waals surface area contributed by atoms with Gasteiger partial charge in [0, 0.05) is 12.6 Å². The second-order valence-electron chi connectivity index (χ2n) is 8.51. The van der Waals surface area contributed by atoms with Gasteiger partial charge in [-0.2, -0.15) is 0 Å². The molecule has 21 heavy (non-hydrogen) atoms. The summed E-state index contributed by atoms with van der Waals surface area (Å²) in [4.78, 5) is 2.53. The molecule has 4 fully saturated rings. The SMILES string of the molecule is CCN(CC)CC(C)NCCC12CC3CC(CC(C3)C1)C2. The number of hydrogen-bond acceptors (Lipinski definition) is 2. The van der Waals surface area contributed by atoms with Crippen molar-refractivity contribution >= 4 is 0 Å². The Hall–Kier alpha value is -0.0800. The highest BCUT2D eigenvalue weighted by atomic mass is 15.1. The van der Waals surface area contributed by atoms with E-state index in [9.17, 15) is 0 Å². The lowest BCUT2D eigenvalue weighted by molar-refractivity contribution is -0.0570. The first kappa shape index (κ1) is 15.8. The molecule has 0 spiro atoms. The van der Waals surface area contributed by atoms with Gasteiger partial charge in [0.15, 0.2) is 0 Å². The van der Waals surface area contributed by atoms with E-state index in [0.717, 1.165) is 23.2 Å². The highest BCUT2D eigenvalue weighted by Crippen LogP contribution is 2.61. The maximum atomic E-state index is 3.82. The standard InChI is InChI=1S/C19H36N2/c1-4-21(5-2)14-15(3)20-7-6-19-11-16-8-17(12-19)10-18(9-16)13-19/h15-18,20H,4-14H2,1-3H3. The van der Waals surface area contributed by atoms with E-state index in [1.54, 1.807) is 38.5 Å². The average molecular weight is 293 g/mol. The quantitative estimate of drug-likeness (QED) is 0.729. The van der Waals surface area contributed by atoms with Crippen LogP contribution in [0.3, 0.4) is 0 Å². The van der Waals surface area contributed by atoms with Gasteiger partial charge < -0.3 is 10.2 Å². The molecule has 0 radical (unpaired) electrons. The Labute approximate surface area is 132 Å². The minimum absolute atomic E-state index is 0.638. The van der Waals surface area contributed by atoms with Gasteiger partial charge in [-0.1, -0.05) is 13.8 Å². The van der Waals surface area contributed by atoms with Crippen LogP contribution in [0.1, 0.15) is 65.7 Å². The van der Waals surface area contributed by atoms with Crippen molar-refractivity contribution < 1.29 is 0 Å². The Bertz CT molecular complexity index is 299. The first-order valence-corrected chi connectivity index (χ1v) is 9.58. The Morgan fingerprint density at radius 2 is 1.52 bits per heavy atom. The fourth-order valence-corrected chi connectivity index (χ4v) is 6.11. The molecule has 4 aliphatic carbocycles. The molecule has 0 amide bonds. The van der Waals surface area contributed by atoms with Gasteiger partial charge in [-0.15, -0.1) is 0 Å². The summed E-state index contributed by atoms with van der Waals surface area (Å²) in [5.74, 6) is 3.30. The summed E-state index contributed by atoms with van der Waals surface area (Å²) in [6.45, 7) is 11.7. The van der Waals surface area contributed by atoms with Crippen molar-refractivity contribution in [1.29, 1.82) is 0 Å². The molecule has 2 nitrogen and oxygen atoms in total. The van der Waals surface area contributed by atoms with E-state index in [2.05, 4.69) is 31.0 Å². The fourth-order valence-electron chi connectivity index (χ4n) is 6.11. The predicted octanol–water partition coefficient (Wildman–Crippen LogP) is 3.91. The average Bonchev–Trinajstić information content (AvgIpc) is 2.43. The minimum atomic E-state index is 0.638. The van der Waals surface area contributed by atoms with Gasteiger partial charge in [0.25, 0.3) is 0 Å². The molecule has 0 heterocycles. The van der Waals surface area contributed by atoms with Crippen LogP contribution in [-0.2, 0) is 0 Å². The summed E-state index contributed by atoms with van der Waals surface area (Å²) >= 11 is 0. The fraction of sp³-hybridized carbons (Fsp3) is 1.00. The lowest BCUT2D eigenvalue weighted by Gasteiger charge is -2.57. The van der Waals surface area contributed by atoms with Gasteiger partial charge in [0.2, 0.25) is 0 Å². The zero-order chi connectivity index (χ0) is 14.9. The molecule has 0 aliphatic heterocycles. The van der Waals surface area contributed by atoms with Gasteiger partial charge in [-0.05, 0) is 94.7 Å². The van der Waals surface area contributed by atoms with Gasteiger partial charge in [-0.25, -0.2) is 0 Å². The van der Waals surface area contributed by atoms with Crippen molar-refractivity contribution in [2.24, 2.45) is 23.2 Å². The van der Waals surface area contributed by atoms with Crippen molar-refractivity contribution in [3.8, 4) is 0 Å². The third kappa shape index (κ3) is 3.64. The van der Waals surface area contributed by atoms with E-state index in [0.29, 0.717) is 6.04 Å². The van der Waals surface area contributed by atoms with Crippen LogP contribution < -0.4 is 5.32 Å². The van der Waals surface area contributed by atoms with Crippen LogP contribution in [0.2, 0.25) is 0 Å². The highest BCUT2D eigenvalue weighted by molar-refractivity contribution is 5.01. The summed E-state index contributed by atoms with van der Waals surface area (Å²) in [6, 6.07) is 0.638. The molecule has 4 rings (SSSR count). The number of likely N-dealkylation sites (N-methyl/N-ethyl adjacent to an activating group) is 1. The van der Waals surface area contributed by atoms with Crippen LogP contribution >= 0.6 is 0 Å². The van der Waals surface area contributed by atoms with Crippen molar-refractivity contribution in [2.45, 2.75) is 71.8 Å². The lowest BCUT2D eigenvalue weighted by atomic mass is 9.49.